The fourth-order valence-electron chi connectivity index (χ4n) is 5.89. The first-order valence-electron chi connectivity index (χ1n) is 17.9. The maximum atomic E-state index is 13.7. The lowest BCUT2D eigenvalue weighted by atomic mass is 9.92. The van der Waals surface area contributed by atoms with Crippen LogP contribution in [0.25, 0.3) is 0 Å². The van der Waals surface area contributed by atoms with Crippen molar-refractivity contribution in [3.63, 3.8) is 0 Å². The predicted octanol–water partition coefficient (Wildman–Crippen LogP) is 6.05. The summed E-state index contributed by atoms with van der Waals surface area (Å²) < 4.78 is 29.0. The monoisotopic (exact) mass is 740 g/mol. The molecule has 1 fully saturated rings. The van der Waals surface area contributed by atoms with Gasteiger partial charge in [0.05, 0.1) is 36.4 Å². The number of amides is 2. The first-order valence-corrected chi connectivity index (χ1v) is 18.3. The fourth-order valence-corrected chi connectivity index (χ4v) is 6.17. The van der Waals surface area contributed by atoms with Gasteiger partial charge in [0.1, 0.15) is 24.0 Å². The molecule has 0 aliphatic carbocycles. The van der Waals surface area contributed by atoms with E-state index in [9.17, 15) is 19.2 Å². The van der Waals surface area contributed by atoms with E-state index in [4.69, 9.17) is 35.3 Å². The zero-order chi connectivity index (χ0) is 38.2. The molecule has 0 aromatic heterocycles. The lowest BCUT2D eigenvalue weighted by molar-refractivity contribution is -0.179. The van der Waals surface area contributed by atoms with Crippen LogP contribution in [0.2, 0.25) is 5.02 Å². The maximum absolute atomic E-state index is 13.7. The van der Waals surface area contributed by atoms with Crippen LogP contribution in [0.3, 0.4) is 0 Å². The molecule has 2 N–H and O–H groups in total. The van der Waals surface area contributed by atoms with Crippen LogP contribution in [0, 0.1) is 17.3 Å². The summed E-state index contributed by atoms with van der Waals surface area (Å²) in [7, 11) is 1.51. The molecular weight excluding hydrogens is 688 g/mol. The predicted molar refractivity (Wildman–Crippen MR) is 197 cm³/mol. The molecule has 1 saturated heterocycles. The number of rotatable bonds is 11. The standard InChI is InChI=1S/C40H53ClN2O9/c1-23(2)18-33-38(46)50-31(25(5)35-36(52-35)28-15-12-26(13-16-28)21-49-24(3)4)10-9-11-34(44)43-30(20-27-14-17-32(48-8)29(41)19-27)37(45)42-22-40(6,7)39(47)51-33/h9,11-17,19,23-25,30-31,33,35-36H,10,18,20-22H2,1-8H3,(H,42,45)(H,43,44)/b11-9+/t25-,30+,31-,33-,35+,36+/m0/s1. The molecule has 284 valence electrons. The molecule has 0 radical (unpaired) electrons. The van der Waals surface area contributed by atoms with E-state index in [1.807, 2.05) is 58.9 Å². The third-order valence-corrected chi connectivity index (χ3v) is 9.47. The zero-order valence-electron chi connectivity index (χ0n) is 31.4. The van der Waals surface area contributed by atoms with Crippen molar-refractivity contribution in [2.24, 2.45) is 17.3 Å². The fraction of sp³-hybridized carbons (Fsp3) is 0.550. The summed E-state index contributed by atoms with van der Waals surface area (Å²) >= 11 is 6.34. The lowest BCUT2D eigenvalue weighted by Crippen LogP contribution is -2.51. The molecule has 2 amide bonds. The van der Waals surface area contributed by atoms with Crippen LogP contribution in [0.15, 0.2) is 54.6 Å². The summed E-state index contributed by atoms with van der Waals surface area (Å²) in [6, 6.07) is 12.2. The molecule has 0 bridgehead atoms. The Morgan fingerprint density at radius 2 is 1.65 bits per heavy atom. The number of benzene rings is 2. The minimum atomic E-state index is -1.21. The molecule has 2 aromatic rings. The highest BCUT2D eigenvalue weighted by Gasteiger charge is 2.48. The van der Waals surface area contributed by atoms with Crippen molar-refractivity contribution in [1.29, 1.82) is 0 Å². The van der Waals surface area contributed by atoms with Gasteiger partial charge in [-0.3, -0.25) is 14.4 Å². The Morgan fingerprint density at radius 3 is 2.29 bits per heavy atom. The third kappa shape index (κ3) is 11.5. The first kappa shape index (κ1) is 40.8. The number of ether oxygens (including phenoxy) is 5. The second-order valence-electron chi connectivity index (χ2n) is 15.0. The molecule has 0 saturated carbocycles. The summed E-state index contributed by atoms with van der Waals surface area (Å²) in [5, 5.41) is 5.92. The van der Waals surface area contributed by atoms with Crippen LogP contribution in [-0.2, 0) is 51.2 Å². The van der Waals surface area contributed by atoms with E-state index in [2.05, 4.69) is 10.6 Å². The van der Waals surface area contributed by atoms with Crippen molar-refractivity contribution in [2.75, 3.05) is 13.7 Å². The molecular formula is C40H53ClN2O9. The normalized spacial score (nSPS) is 25.5. The largest absolute Gasteiger partial charge is 0.495 e. The molecule has 2 aliphatic heterocycles. The molecule has 2 aromatic carbocycles. The van der Waals surface area contributed by atoms with Crippen LogP contribution < -0.4 is 15.4 Å². The van der Waals surface area contributed by atoms with E-state index < -0.39 is 47.4 Å². The summed E-state index contributed by atoms with van der Waals surface area (Å²) in [5.74, 6) is -2.14. The number of epoxide rings is 1. The van der Waals surface area contributed by atoms with Gasteiger partial charge in [0, 0.05) is 25.3 Å². The Bertz CT molecular complexity index is 1590. The molecule has 6 atom stereocenters. The molecule has 52 heavy (non-hydrogen) atoms. The SMILES string of the molecule is COc1ccc(C[C@H]2NC(=O)/C=C/C[C@@H]([C@H](C)[C@H]3O[C@@H]3c3ccc(COC(C)C)cc3)OC(=O)[C@H](CC(C)C)OC(=O)C(C)(C)CNC2=O)cc1Cl. The molecule has 12 heteroatoms. The minimum absolute atomic E-state index is 0.00972. The molecule has 11 nitrogen and oxygen atoms in total. The quantitative estimate of drug-likeness (QED) is 0.208. The molecule has 2 aliphatic rings. The maximum Gasteiger partial charge on any atom is 0.347 e. The Morgan fingerprint density at radius 1 is 0.962 bits per heavy atom. The van der Waals surface area contributed by atoms with Gasteiger partial charge in [-0.05, 0) is 74.9 Å². The molecule has 2 heterocycles. The lowest BCUT2D eigenvalue weighted by Gasteiger charge is -2.29. The van der Waals surface area contributed by atoms with Crippen LogP contribution in [0.1, 0.15) is 84.1 Å². The summed E-state index contributed by atoms with van der Waals surface area (Å²) in [6.07, 6.45) is 1.30. The van der Waals surface area contributed by atoms with Crippen molar-refractivity contribution >= 4 is 35.4 Å². The summed E-state index contributed by atoms with van der Waals surface area (Å²) in [6.45, 7) is 13.4. The van der Waals surface area contributed by atoms with Crippen LogP contribution in [-0.4, -0.2) is 67.9 Å². The Kier molecular flexibility index (Phi) is 14.3. The van der Waals surface area contributed by atoms with E-state index in [0.29, 0.717) is 22.9 Å². The number of hydrogen-bond acceptors (Lipinski definition) is 9. The van der Waals surface area contributed by atoms with Gasteiger partial charge in [0.2, 0.25) is 11.8 Å². The third-order valence-electron chi connectivity index (χ3n) is 9.17. The van der Waals surface area contributed by atoms with Gasteiger partial charge in [0.15, 0.2) is 6.10 Å². The van der Waals surface area contributed by atoms with Gasteiger partial charge in [-0.25, -0.2) is 4.79 Å². The van der Waals surface area contributed by atoms with Crippen molar-refractivity contribution in [3.8, 4) is 5.75 Å². The highest BCUT2D eigenvalue weighted by atomic mass is 35.5. The van der Waals surface area contributed by atoms with Crippen molar-refractivity contribution in [2.45, 2.75) is 111 Å². The van der Waals surface area contributed by atoms with E-state index in [-0.39, 0.29) is 56.0 Å². The topological polar surface area (TPSA) is 142 Å². The number of nitrogens with one attached hydrogen (secondary N) is 2. The van der Waals surface area contributed by atoms with Crippen LogP contribution >= 0.6 is 11.6 Å². The van der Waals surface area contributed by atoms with Gasteiger partial charge in [-0.1, -0.05) is 68.8 Å². The summed E-state index contributed by atoms with van der Waals surface area (Å²) in [4.78, 5) is 54.0. The van der Waals surface area contributed by atoms with Crippen molar-refractivity contribution < 1.29 is 42.9 Å². The number of carbonyl (C=O) groups excluding carboxylic acids is 4. The molecule has 4 rings (SSSR count). The summed E-state index contributed by atoms with van der Waals surface area (Å²) in [5.41, 5.74) is 1.53. The number of methoxy groups -OCH3 is 1. The van der Waals surface area contributed by atoms with Gasteiger partial charge < -0.3 is 34.3 Å². The smallest absolute Gasteiger partial charge is 0.347 e. The van der Waals surface area contributed by atoms with Crippen LogP contribution in [0.4, 0.5) is 0 Å². The first-order chi connectivity index (χ1) is 24.6. The van der Waals surface area contributed by atoms with Gasteiger partial charge in [-0.2, -0.15) is 0 Å². The second-order valence-corrected chi connectivity index (χ2v) is 15.4. The Labute approximate surface area is 312 Å². The number of cyclic esters (lactones) is 2. The van der Waals surface area contributed by atoms with Crippen molar-refractivity contribution in [3.05, 3.63) is 76.3 Å². The zero-order valence-corrected chi connectivity index (χ0v) is 32.2. The Hall–Kier alpha value is -3.93. The minimum Gasteiger partial charge on any atom is -0.495 e. The van der Waals surface area contributed by atoms with Gasteiger partial charge >= 0.3 is 11.9 Å². The number of hydrogen-bond donors (Lipinski definition) is 2. The molecule has 0 spiro atoms. The number of carbonyl (C=O) groups is 4. The van der Waals surface area contributed by atoms with E-state index in [0.717, 1.165) is 11.1 Å². The van der Waals surface area contributed by atoms with E-state index in [1.54, 1.807) is 38.1 Å². The van der Waals surface area contributed by atoms with Crippen molar-refractivity contribution in [1.82, 2.24) is 10.6 Å². The average Bonchev–Trinajstić information content (AvgIpc) is 3.89. The number of halogens is 1. The molecule has 0 unspecified atom stereocenters. The van der Waals surface area contributed by atoms with Gasteiger partial charge in [-0.15, -0.1) is 0 Å². The van der Waals surface area contributed by atoms with Gasteiger partial charge in [0.25, 0.3) is 0 Å². The van der Waals surface area contributed by atoms with E-state index in [1.165, 1.54) is 13.2 Å². The highest BCUT2D eigenvalue weighted by Crippen LogP contribution is 2.45. The second kappa shape index (κ2) is 18.2. The average molecular weight is 741 g/mol. The van der Waals surface area contributed by atoms with Crippen LogP contribution in [0.5, 0.6) is 5.75 Å². The highest BCUT2D eigenvalue weighted by molar-refractivity contribution is 6.32. The van der Waals surface area contributed by atoms with E-state index >= 15 is 0 Å². The number of esters is 2. The Balaban J connectivity index is 1.58.